The number of amides is 1. The van der Waals surface area contributed by atoms with Crippen LogP contribution in [0.15, 0.2) is 59.1 Å². The minimum Gasteiger partial charge on any atom is -0.493 e. The highest BCUT2D eigenvalue weighted by Gasteiger charge is 2.15. The quantitative estimate of drug-likeness (QED) is 0.599. The number of benzene rings is 3. The highest BCUT2D eigenvalue weighted by Crippen LogP contribution is 2.33. The monoisotopic (exact) mass is 427 g/mol. The Labute approximate surface area is 167 Å². The summed E-state index contributed by atoms with van der Waals surface area (Å²) in [7, 11) is 3.17. The van der Waals surface area contributed by atoms with Crippen LogP contribution in [0.4, 0.5) is 0 Å². The first-order chi connectivity index (χ1) is 13.0. The van der Waals surface area contributed by atoms with Crippen molar-refractivity contribution < 1.29 is 14.3 Å². The van der Waals surface area contributed by atoms with Crippen molar-refractivity contribution in [3.05, 3.63) is 70.2 Å². The first kappa shape index (κ1) is 19.2. The average Bonchev–Trinajstić information content (AvgIpc) is 2.68. The van der Waals surface area contributed by atoms with E-state index in [-0.39, 0.29) is 18.4 Å². The molecule has 5 heteroatoms. The molecule has 0 bridgehead atoms. The van der Waals surface area contributed by atoms with Crippen molar-refractivity contribution in [1.82, 2.24) is 5.32 Å². The van der Waals surface area contributed by atoms with Gasteiger partial charge in [0, 0.05) is 4.47 Å². The van der Waals surface area contributed by atoms with Gasteiger partial charge in [-0.05, 0) is 47.0 Å². The van der Waals surface area contributed by atoms with Crippen LogP contribution in [0.1, 0.15) is 24.1 Å². The zero-order valence-corrected chi connectivity index (χ0v) is 17.2. The van der Waals surface area contributed by atoms with Gasteiger partial charge in [-0.25, -0.2) is 0 Å². The summed E-state index contributed by atoms with van der Waals surface area (Å²) in [6.45, 7) is 1.99. The van der Waals surface area contributed by atoms with Crippen molar-refractivity contribution >= 4 is 32.6 Å². The first-order valence-corrected chi connectivity index (χ1v) is 9.49. The molecule has 0 aliphatic rings. The third-order valence-corrected chi connectivity index (χ3v) is 5.29. The summed E-state index contributed by atoms with van der Waals surface area (Å²) < 4.78 is 11.4. The van der Waals surface area contributed by atoms with Crippen LogP contribution >= 0.6 is 15.9 Å². The summed E-state index contributed by atoms with van der Waals surface area (Å²) in [6, 6.07) is 18.0. The molecular weight excluding hydrogens is 406 g/mol. The molecule has 27 heavy (non-hydrogen) atoms. The number of carbonyl (C=O) groups is 1. The van der Waals surface area contributed by atoms with E-state index in [4.69, 9.17) is 9.47 Å². The number of ether oxygens (including phenoxy) is 2. The maximum Gasteiger partial charge on any atom is 0.224 e. The SMILES string of the molecule is COc1cc(Br)c(CC(=O)N[C@H](C)c2ccc3ccccc3c2)cc1OC. The Balaban J connectivity index is 1.73. The summed E-state index contributed by atoms with van der Waals surface area (Å²) >= 11 is 3.50. The number of halogens is 1. The third kappa shape index (κ3) is 4.42. The molecule has 1 amide bonds. The van der Waals surface area contributed by atoms with E-state index >= 15 is 0 Å². The van der Waals surface area contributed by atoms with E-state index in [9.17, 15) is 4.79 Å². The smallest absolute Gasteiger partial charge is 0.224 e. The molecular formula is C22H22BrNO3. The van der Waals surface area contributed by atoms with Crippen molar-refractivity contribution in [2.24, 2.45) is 0 Å². The van der Waals surface area contributed by atoms with Gasteiger partial charge in [0.2, 0.25) is 5.91 Å². The first-order valence-electron chi connectivity index (χ1n) is 8.70. The fraction of sp³-hybridized carbons (Fsp3) is 0.227. The number of nitrogens with one attached hydrogen (secondary N) is 1. The molecule has 0 heterocycles. The minimum atomic E-state index is -0.0824. The van der Waals surface area contributed by atoms with Gasteiger partial charge in [-0.3, -0.25) is 4.79 Å². The van der Waals surface area contributed by atoms with Crippen LogP contribution in [-0.4, -0.2) is 20.1 Å². The predicted molar refractivity (Wildman–Crippen MR) is 111 cm³/mol. The summed E-state index contributed by atoms with van der Waals surface area (Å²) in [5, 5.41) is 5.43. The van der Waals surface area contributed by atoms with Crippen LogP contribution in [0, 0.1) is 0 Å². The van der Waals surface area contributed by atoms with Crippen LogP contribution in [0.2, 0.25) is 0 Å². The molecule has 0 saturated carbocycles. The van der Waals surface area contributed by atoms with E-state index in [1.807, 2.05) is 31.2 Å². The molecule has 3 rings (SSSR count). The highest BCUT2D eigenvalue weighted by molar-refractivity contribution is 9.10. The molecule has 0 aliphatic heterocycles. The van der Waals surface area contributed by atoms with E-state index in [1.165, 1.54) is 10.8 Å². The van der Waals surface area contributed by atoms with Gasteiger partial charge < -0.3 is 14.8 Å². The molecule has 3 aromatic rings. The van der Waals surface area contributed by atoms with Crippen LogP contribution in [0.25, 0.3) is 10.8 Å². The second-order valence-electron chi connectivity index (χ2n) is 6.37. The van der Waals surface area contributed by atoms with E-state index in [2.05, 4.69) is 51.6 Å². The molecule has 0 aliphatic carbocycles. The number of hydrogen-bond acceptors (Lipinski definition) is 3. The third-order valence-electron chi connectivity index (χ3n) is 4.55. The lowest BCUT2D eigenvalue weighted by molar-refractivity contribution is -0.121. The maximum atomic E-state index is 12.6. The largest absolute Gasteiger partial charge is 0.493 e. The highest BCUT2D eigenvalue weighted by atomic mass is 79.9. The molecule has 0 spiro atoms. The van der Waals surface area contributed by atoms with E-state index in [1.54, 1.807) is 14.2 Å². The van der Waals surface area contributed by atoms with Crippen molar-refractivity contribution in [2.45, 2.75) is 19.4 Å². The molecule has 0 aromatic heterocycles. The standard InChI is InChI=1S/C22H22BrNO3/c1-14(16-9-8-15-6-4-5-7-17(15)10-16)24-22(25)12-18-11-20(26-2)21(27-3)13-19(18)23/h4-11,13-14H,12H2,1-3H3,(H,24,25)/t14-/m1/s1. The van der Waals surface area contributed by atoms with Gasteiger partial charge in [0.25, 0.3) is 0 Å². The fourth-order valence-electron chi connectivity index (χ4n) is 3.06. The predicted octanol–water partition coefficient (Wildman–Crippen LogP) is 5.04. The van der Waals surface area contributed by atoms with Gasteiger partial charge in [0.1, 0.15) is 0 Å². The van der Waals surface area contributed by atoms with Gasteiger partial charge in [-0.1, -0.05) is 52.3 Å². The number of hydrogen-bond donors (Lipinski definition) is 1. The van der Waals surface area contributed by atoms with Gasteiger partial charge in [-0.15, -0.1) is 0 Å². The Hall–Kier alpha value is -2.53. The zero-order chi connectivity index (χ0) is 19.4. The maximum absolute atomic E-state index is 12.6. The van der Waals surface area contributed by atoms with Crippen LogP contribution in [-0.2, 0) is 11.2 Å². The van der Waals surface area contributed by atoms with Crippen molar-refractivity contribution in [3.8, 4) is 11.5 Å². The van der Waals surface area contributed by atoms with Crippen molar-refractivity contribution in [3.63, 3.8) is 0 Å². The zero-order valence-electron chi connectivity index (χ0n) is 15.6. The molecule has 0 unspecified atom stereocenters. The van der Waals surface area contributed by atoms with Gasteiger partial charge >= 0.3 is 0 Å². The van der Waals surface area contributed by atoms with E-state index in [0.717, 1.165) is 15.6 Å². The molecule has 3 aromatic carbocycles. The van der Waals surface area contributed by atoms with Gasteiger partial charge in [0.15, 0.2) is 11.5 Å². The van der Waals surface area contributed by atoms with Crippen molar-refractivity contribution in [1.29, 1.82) is 0 Å². The molecule has 0 fully saturated rings. The van der Waals surface area contributed by atoms with Crippen molar-refractivity contribution in [2.75, 3.05) is 14.2 Å². The molecule has 4 nitrogen and oxygen atoms in total. The van der Waals surface area contributed by atoms with E-state index < -0.39 is 0 Å². The Morgan fingerprint density at radius 2 is 1.67 bits per heavy atom. The molecule has 0 radical (unpaired) electrons. The lowest BCUT2D eigenvalue weighted by atomic mass is 10.0. The normalized spacial score (nSPS) is 11.9. The van der Waals surface area contributed by atoms with Crippen LogP contribution in [0.3, 0.4) is 0 Å². The summed E-state index contributed by atoms with van der Waals surface area (Å²) in [4.78, 5) is 12.6. The Morgan fingerprint density at radius 3 is 2.37 bits per heavy atom. The van der Waals surface area contributed by atoms with Gasteiger partial charge in [0.05, 0.1) is 26.7 Å². The lowest BCUT2D eigenvalue weighted by Crippen LogP contribution is -2.28. The second kappa shape index (κ2) is 8.44. The van der Waals surface area contributed by atoms with E-state index in [0.29, 0.717) is 11.5 Å². The van der Waals surface area contributed by atoms with Gasteiger partial charge in [-0.2, -0.15) is 0 Å². The molecule has 0 saturated heterocycles. The fourth-order valence-corrected chi connectivity index (χ4v) is 3.52. The minimum absolute atomic E-state index is 0.0522. The molecule has 1 N–H and O–H groups in total. The Bertz CT molecular complexity index is 971. The Morgan fingerprint density at radius 1 is 1.00 bits per heavy atom. The molecule has 1 atom stereocenters. The number of methoxy groups -OCH3 is 2. The second-order valence-corrected chi connectivity index (χ2v) is 7.23. The summed E-state index contributed by atoms with van der Waals surface area (Å²) in [5.41, 5.74) is 1.92. The van der Waals surface area contributed by atoms with Crippen LogP contribution < -0.4 is 14.8 Å². The lowest BCUT2D eigenvalue weighted by Gasteiger charge is -2.16. The molecule has 140 valence electrons. The Kier molecular flexibility index (Phi) is 6.01. The average molecular weight is 428 g/mol. The number of carbonyl (C=O) groups excluding carboxylic acids is 1. The number of fused-ring (bicyclic) bond motifs is 1. The van der Waals surface area contributed by atoms with Crippen LogP contribution in [0.5, 0.6) is 11.5 Å². The number of rotatable bonds is 6. The summed E-state index contributed by atoms with van der Waals surface area (Å²) in [5.74, 6) is 1.17. The summed E-state index contributed by atoms with van der Waals surface area (Å²) in [6.07, 6.45) is 0.249. The topological polar surface area (TPSA) is 47.6 Å².